The highest BCUT2D eigenvalue weighted by Crippen LogP contribution is 2.41. The normalized spacial score (nSPS) is 11.5. The molecule has 0 amide bonds. The van der Waals surface area contributed by atoms with Gasteiger partial charge in [0.05, 0.1) is 22.2 Å². The molecule has 8 aromatic carbocycles. The molecule has 10 rings (SSSR count). The minimum atomic E-state index is 1.10. The van der Waals surface area contributed by atoms with Crippen LogP contribution in [-0.2, 0) is 0 Å². The average Bonchev–Trinajstić information content (AvgIpc) is 3.79. The Hall–Kier alpha value is -6.84. The average molecular weight is 652 g/mol. The fourth-order valence-corrected chi connectivity index (χ4v) is 7.76. The highest BCUT2D eigenvalue weighted by atomic mass is 15.1. The summed E-state index contributed by atoms with van der Waals surface area (Å²) in [5, 5.41) is 6.14. The maximum absolute atomic E-state index is 2.42. The van der Waals surface area contributed by atoms with Gasteiger partial charge >= 0.3 is 0 Å². The van der Waals surface area contributed by atoms with Crippen molar-refractivity contribution in [3.8, 4) is 22.5 Å². The molecular weight excluding hydrogens is 619 g/mol. The van der Waals surface area contributed by atoms with E-state index in [0.29, 0.717) is 0 Å². The van der Waals surface area contributed by atoms with Crippen molar-refractivity contribution in [1.82, 2.24) is 9.13 Å². The van der Waals surface area contributed by atoms with Gasteiger partial charge in [-0.15, -0.1) is 0 Å². The zero-order valence-electron chi connectivity index (χ0n) is 27.9. The zero-order valence-corrected chi connectivity index (χ0v) is 27.9. The lowest BCUT2D eigenvalue weighted by Crippen LogP contribution is -2.10. The van der Waals surface area contributed by atoms with Crippen LogP contribution < -0.4 is 4.90 Å². The van der Waals surface area contributed by atoms with Crippen LogP contribution in [0.2, 0.25) is 0 Å². The second-order valence-electron chi connectivity index (χ2n) is 13.0. The van der Waals surface area contributed by atoms with Crippen LogP contribution in [0.4, 0.5) is 17.1 Å². The van der Waals surface area contributed by atoms with Gasteiger partial charge in [0.15, 0.2) is 0 Å². The molecule has 51 heavy (non-hydrogen) atoms. The summed E-state index contributed by atoms with van der Waals surface area (Å²) in [7, 11) is 0. The van der Waals surface area contributed by atoms with E-state index in [1.807, 2.05) is 0 Å². The van der Waals surface area contributed by atoms with E-state index in [9.17, 15) is 0 Å². The summed E-state index contributed by atoms with van der Waals surface area (Å²) in [4.78, 5) is 2.38. The Kier molecular flexibility index (Phi) is 6.81. The SMILES string of the molecule is c1ccc(-c2ccc(N(c3ccc(-n4ccc5ccc6c7ccccc7n(-c7ccccc7)c6c54)cc3)c3cccc4ccccc34)cc2)cc1. The fourth-order valence-electron chi connectivity index (χ4n) is 7.76. The van der Waals surface area contributed by atoms with E-state index >= 15 is 0 Å². The van der Waals surface area contributed by atoms with Crippen LogP contribution in [0.1, 0.15) is 0 Å². The van der Waals surface area contributed by atoms with Crippen LogP contribution in [0.3, 0.4) is 0 Å². The molecule has 0 fully saturated rings. The number of rotatable bonds is 6. The largest absolute Gasteiger partial charge is 0.315 e. The maximum Gasteiger partial charge on any atom is 0.0788 e. The fraction of sp³-hybridized carbons (Fsp3) is 0. The smallest absolute Gasteiger partial charge is 0.0788 e. The number of hydrogen-bond donors (Lipinski definition) is 0. The minimum Gasteiger partial charge on any atom is -0.315 e. The van der Waals surface area contributed by atoms with E-state index in [1.165, 1.54) is 54.6 Å². The Balaban J connectivity index is 1.14. The van der Waals surface area contributed by atoms with Crippen LogP contribution in [0.5, 0.6) is 0 Å². The summed E-state index contributed by atoms with van der Waals surface area (Å²) in [5.74, 6) is 0. The Morgan fingerprint density at radius 3 is 1.76 bits per heavy atom. The lowest BCUT2D eigenvalue weighted by atomic mass is 10.0. The third-order valence-corrected chi connectivity index (χ3v) is 10.1. The van der Waals surface area contributed by atoms with Crippen molar-refractivity contribution in [3.05, 3.63) is 200 Å². The van der Waals surface area contributed by atoms with Crippen LogP contribution in [0.15, 0.2) is 200 Å². The van der Waals surface area contributed by atoms with E-state index in [0.717, 1.165) is 28.4 Å². The van der Waals surface area contributed by atoms with Crippen molar-refractivity contribution >= 4 is 60.5 Å². The summed E-state index contributed by atoms with van der Waals surface area (Å²) in [6.45, 7) is 0. The standard InChI is InChI=1S/C48H33N3/c1-3-12-34(13-4-1)35-22-25-40(26-23-35)50(45-21-11-15-36-14-7-8-18-42(36)45)41-29-27-38(28-30-41)49-33-32-37-24-31-44-43-19-9-10-20-46(43)51(48(44)47(37)49)39-16-5-2-6-17-39/h1-33H. The molecule has 10 aromatic rings. The molecule has 3 nitrogen and oxygen atoms in total. The molecule has 0 N–H and O–H groups in total. The molecule has 2 heterocycles. The summed E-state index contributed by atoms with van der Waals surface area (Å²) in [5.41, 5.74) is 11.7. The molecular formula is C48H33N3. The quantitative estimate of drug-likeness (QED) is 0.174. The first kappa shape index (κ1) is 29.1. The summed E-state index contributed by atoms with van der Waals surface area (Å²) >= 11 is 0. The number of benzene rings is 8. The molecule has 0 atom stereocenters. The molecule has 0 saturated heterocycles. The third kappa shape index (κ3) is 4.82. The van der Waals surface area contributed by atoms with Crippen LogP contribution in [-0.4, -0.2) is 9.13 Å². The van der Waals surface area contributed by atoms with E-state index < -0.39 is 0 Å². The first-order chi connectivity index (χ1) is 25.3. The van der Waals surface area contributed by atoms with Crippen molar-refractivity contribution in [3.63, 3.8) is 0 Å². The predicted molar refractivity (Wildman–Crippen MR) is 215 cm³/mol. The highest BCUT2D eigenvalue weighted by Gasteiger charge is 2.19. The van der Waals surface area contributed by atoms with Gasteiger partial charge in [0.1, 0.15) is 0 Å². The molecule has 0 saturated carbocycles. The molecule has 3 heteroatoms. The van der Waals surface area contributed by atoms with Crippen LogP contribution in [0, 0.1) is 0 Å². The predicted octanol–water partition coefficient (Wildman–Crippen LogP) is 13.0. The number of para-hydroxylation sites is 2. The Morgan fingerprint density at radius 1 is 0.353 bits per heavy atom. The number of nitrogens with zero attached hydrogens (tertiary/aromatic N) is 3. The van der Waals surface area contributed by atoms with Gasteiger partial charge in [-0.3, -0.25) is 0 Å². The minimum absolute atomic E-state index is 1.10. The van der Waals surface area contributed by atoms with Gasteiger partial charge in [-0.2, -0.15) is 0 Å². The maximum atomic E-state index is 2.42. The van der Waals surface area contributed by atoms with Gasteiger partial charge in [-0.25, -0.2) is 0 Å². The zero-order chi connectivity index (χ0) is 33.7. The Morgan fingerprint density at radius 2 is 0.980 bits per heavy atom. The molecule has 0 bridgehead atoms. The first-order valence-corrected chi connectivity index (χ1v) is 17.4. The third-order valence-electron chi connectivity index (χ3n) is 10.1. The van der Waals surface area contributed by atoms with Gasteiger partial charge in [-0.1, -0.05) is 127 Å². The molecule has 0 aliphatic rings. The second kappa shape index (κ2) is 11.9. The highest BCUT2D eigenvalue weighted by molar-refractivity contribution is 6.18. The number of fused-ring (bicyclic) bond motifs is 6. The van der Waals surface area contributed by atoms with E-state index in [-0.39, 0.29) is 0 Å². The molecule has 0 radical (unpaired) electrons. The van der Waals surface area contributed by atoms with E-state index in [4.69, 9.17) is 0 Å². The van der Waals surface area contributed by atoms with E-state index in [1.54, 1.807) is 0 Å². The van der Waals surface area contributed by atoms with Crippen molar-refractivity contribution < 1.29 is 0 Å². The Labute approximate surface area is 296 Å². The molecule has 240 valence electrons. The summed E-state index contributed by atoms with van der Waals surface area (Å²) < 4.78 is 4.76. The van der Waals surface area contributed by atoms with Crippen molar-refractivity contribution in [2.24, 2.45) is 0 Å². The van der Waals surface area contributed by atoms with E-state index in [2.05, 4.69) is 214 Å². The molecule has 0 spiro atoms. The lowest BCUT2D eigenvalue weighted by molar-refractivity contribution is 1.11. The van der Waals surface area contributed by atoms with Crippen LogP contribution in [0.25, 0.3) is 66.0 Å². The van der Waals surface area contributed by atoms with Gasteiger partial charge < -0.3 is 14.0 Å². The molecule has 0 aliphatic carbocycles. The summed E-state index contributed by atoms with van der Waals surface area (Å²) in [6, 6.07) is 69.9. The number of aromatic nitrogens is 2. The number of anilines is 3. The Bertz CT molecular complexity index is 2820. The van der Waals surface area contributed by atoms with Gasteiger partial charge in [0.2, 0.25) is 0 Å². The first-order valence-electron chi connectivity index (χ1n) is 17.4. The second-order valence-corrected chi connectivity index (χ2v) is 13.0. The van der Waals surface area contributed by atoms with Crippen molar-refractivity contribution in [1.29, 1.82) is 0 Å². The molecule has 0 unspecified atom stereocenters. The molecule has 0 aliphatic heterocycles. The van der Waals surface area contributed by atoms with Crippen LogP contribution >= 0.6 is 0 Å². The van der Waals surface area contributed by atoms with Gasteiger partial charge in [0.25, 0.3) is 0 Å². The topological polar surface area (TPSA) is 13.1 Å². The summed E-state index contributed by atoms with van der Waals surface area (Å²) in [6.07, 6.45) is 2.21. The molecule has 2 aromatic heterocycles. The monoisotopic (exact) mass is 651 g/mol. The van der Waals surface area contributed by atoms with Gasteiger partial charge in [0, 0.05) is 50.5 Å². The van der Waals surface area contributed by atoms with Gasteiger partial charge in [-0.05, 0) is 83.2 Å². The lowest BCUT2D eigenvalue weighted by Gasteiger charge is -2.27. The number of hydrogen-bond acceptors (Lipinski definition) is 1. The van der Waals surface area contributed by atoms with Crippen molar-refractivity contribution in [2.45, 2.75) is 0 Å². The van der Waals surface area contributed by atoms with Crippen molar-refractivity contribution in [2.75, 3.05) is 4.90 Å².